The number of nitrogens with zero attached hydrogens (tertiary/aromatic N) is 1. The Balaban J connectivity index is 1.67. The molecule has 1 nitrogen and oxygen atoms in total. The van der Waals surface area contributed by atoms with E-state index in [1.54, 1.807) is 0 Å². The van der Waals surface area contributed by atoms with Gasteiger partial charge < -0.3 is 0 Å². The molecule has 1 heteroatoms. The minimum absolute atomic E-state index is 0.716. The first-order valence-electron chi connectivity index (χ1n) is 9.23. The van der Waals surface area contributed by atoms with E-state index in [1.807, 2.05) is 18.2 Å². The standard InChI is InChI=1S/C21H31N/c1-2-18-7-9-20(10-8-18)15-16-21-13-11-19(12-14-21)6-4-3-5-17-22/h3-6,15-16,18-21H,2,7-14H2,1H3/b5-3+,6-4+,16-15+. The first-order chi connectivity index (χ1) is 10.8. The maximum Gasteiger partial charge on any atom is 0.0912 e. The molecule has 22 heavy (non-hydrogen) atoms. The maximum absolute atomic E-state index is 8.45. The number of hydrogen-bond donors (Lipinski definition) is 0. The molecule has 2 saturated carbocycles. The van der Waals surface area contributed by atoms with Crippen molar-refractivity contribution in [2.45, 2.75) is 64.7 Å². The van der Waals surface area contributed by atoms with E-state index in [-0.39, 0.29) is 0 Å². The molecule has 0 aliphatic heterocycles. The molecule has 0 spiro atoms. The van der Waals surface area contributed by atoms with Crippen LogP contribution < -0.4 is 0 Å². The molecule has 2 aliphatic carbocycles. The summed E-state index contributed by atoms with van der Waals surface area (Å²) in [6.45, 7) is 2.34. The van der Waals surface area contributed by atoms with Crippen molar-refractivity contribution >= 4 is 0 Å². The van der Waals surface area contributed by atoms with E-state index in [4.69, 9.17) is 5.26 Å². The summed E-state index contributed by atoms with van der Waals surface area (Å²) >= 11 is 0. The highest BCUT2D eigenvalue weighted by atomic mass is 14.3. The summed E-state index contributed by atoms with van der Waals surface area (Å²) in [5, 5.41) is 8.45. The average Bonchev–Trinajstić information content (AvgIpc) is 2.58. The Morgan fingerprint density at radius 2 is 1.27 bits per heavy atom. The summed E-state index contributed by atoms with van der Waals surface area (Å²) in [6.07, 6.45) is 25.1. The summed E-state index contributed by atoms with van der Waals surface area (Å²) in [6, 6.07) is 2.03. The largest absolute Gasteiger partial charge is 0.193 e. The fraction of sp³-hybridized carbons (Fsp3) is 0.667. The van der Waals surface area contributed by atoms with Gasteiger partial charge >= 0.3 is 0 Å². The van der Waals surface area contributed by atoms with E-state index in [1.165, 1.54) is 63.9 Å². The van der Waals surface area contributed by atoms with Gasteiger partial charge in [-0.25, -0.2) is 0 Å². The second-order valence-corrected chi connectivity index (χ2v) is 7.12. The third-order valence-electron chi connectivity index (χ3n) is 5.61. The number of nitriles is 1. The lowest BCUT2D eigenvalue weighted by atomic mass is 9.78. The second kappa shape index (κ2) is 9.67. The van der Waals surface area contributed by atoms with Crippen LogP contribution in [0.3, 0.4) is 0 Å². The molecule has 0 amide bonds. The molecule has 0 aromatic carbocycles. The van der Waals surface area contributed by atoms with E-state index in [0.717, 1.165) is 17.8 Å². The van der Waals surface area contributed by atoms with Crippen LogP contribution in [0.25, 0.3) is 0 Å². The molecule has 0 aromatic heterocycles. The molecule has 2 aliphatic rings. The normalized spacial score (nSPS) is 33.6. The van der Waals surface area contributed by atoms with Gasteiger partial charge in [-0.2, -0.15) is 5.26 Å². The van der Waals surface area contributed by atoms with Crippen molar-refractivity contribution in [1.29, 1.82) is 5.26 Å². The predicted molar refractivity (Wildman–Crippen MR) is 94.2 cm³/mol. The summed E-state index contributed by atoms with van der Waals surface area (Å²) in [5.74, 6) is 3.38. The molecule has 120 valence electrons. The summed E-state index contributed by atoms with van der Waals surface area (Å²) < 4.78 is 0. The smallest absolute Gasteiger partial charge is 0.0912 e. The number of rotatable bonds is 5. The molecule has 0 atom stereocenters. The maximum atomic E-state index is 8.45. The van der Waals surface area contributed by atoms with Crippen molar-refractivity contribution in [3.8, 4) is 6.07 Å². The van der Waals surface area contributed by atoms with E-state index in [0.29, 0.717) is 5.92 Å². The summed E-state index contributed by atoms with van der Waals surface area (Å²) in [5.41, 5.74) is 0. The molecule has 0 radical (unpaired) electrons. The monoisotopic (exact) mass is 297 g/mol. The zero-order valence-corrected chi connectivity index (χ0v) is 14.1. The van der Waals surface area contributed by atoms with Gasteiger partial charge in [0.15, 0.2) is 0 Å². The Labute approximate surface area is 136 Å². The zero-order chi connectivity index (χ0) is 15.6. The van der Waals surface area contributed by atoms with Crippen LogP contribution in [0.2, 0.25) is 0 Å². The quantitative estimate of drug-likeness (QED) is 0.336. The van der Waals surface area contributed by atoms with Gasteiger partial charge in [0.2, 0.25) is 0 Å². The predicted octanol–water partition coefficient (Wildman–Crippen LogP) is 6.20. The highest BCUT2D eigenvalue weighted by Crippen LogP contribution is 2.34. The molecule has 2 fully saturated rings. The van der Waals surface area contributed by atoms with Gasteiger partial charge in [-0.1, -0.05) is 43.7 Å². The van der Waals surface area contributed by atoms with Crippen molar-refractivity contribution in [2.24, 2.45) is 23.7 Å². The first kappa shape index (κ1) is 17.1. The van der Waals surface area contributed by atoms with Crippen LogP contribution in [0.15, 0.2) is 36.5 Å². The molecular weight excluding hydrogens is 266 g/mol. The Kier molecular flexibility index (Phi) is 7.50. The van der Waals surface area contributed by atoms with Crippen LogP contribution in [0, 0.1) is 35.0 Å². The molecule has 0 saturated heterocycles. The van der Waals surface area contributed by atoms with Crippen LogP contribution in [0.1, 0.15) is 64.7 Å². The van der Waals surface area contributed by atoms with Crippen molar-refractivity contribution in [3.63, 3.8) is 0 Å². The Hall–Kier alpha value is -1.29. The highest BCUT2D eigenvalue weighted by molar-refractivity contribution is 5.12. The van der Waals surface area contributed by atoms with E-state index < -0.39 is 0 Å². The van der Waals surface area contributed by atoms with Crippen molar-refractivity contribution in [1.82, 2.24) is 0 Å². The Morgan fingerprint density at radius 1 is 0.773 bits per heavy atom. The lowest BCUT2D eigenvalue weighted by Gasteiger charge is -2.27. The van der Waals surface area contributed by atoms with Crippen LogP contribution in [0.5, 0.6) is 0 Å². The number of allylic oxidation sites excluding steroid dienone is 6. The van der Waals surface area contributed by atoms with Gasteiger partial charge in [0.05, 0.1) is 6.07 Å². The van der Waals surface area contributed by atoms with Gasteiger partial charge in [0.1, 0.15) is 0 Å². The van der Waals surface area contributed by atoms with Crippen LogP contribution >= 0.6 is 0 Å². The van der Waals surface area contributed by atoms with Gasteiger partial charge in [-0.15, -0.1) is 0 Å². The van der Waals surface area contributed by atoms with Gasteiger partial charge in [-0.05, 0) is 75.0 Å². The zero-order valence-electron chi connectivity index (χ0n) is 14.1. The lowest BCUT2D eigenvalue weighted by Crippen LogP contribution is -2.14. The second-order valence-electron chi connectivity index (χ2n) is 7.12. The summed E-state index contributed by atoms with van der Waals surface area (Å²) in [7, 11) is 0. The molecule has 0 heterocycles. The van der Waals surface area contributed by atoms with Crippen molar-refractivity contribution in [2.75, 3.05) is 0 Å². The molecule has 0 bridgehead atoms. The van der Waals surface area contributed by atoms with E-state index in [2.05, 4.69) is 25.2 Å². The van der Waals surface area contributed by atoms with Gasteiger partial charge in [-0.3, -0.25) is 0 Å². The van der Waals surface area contributed by atoms with Crippen LogP contribution in [0.4, 0.5) is 0 Å². The van der Waals surface area contributed by atoms with E-state index in [9.17, 15) is 0 Å². The number of hydrogen-bond acceptors (Lipinski definition) is 1. The third-order valence-corrected chi connectivity index (χ3v) is 5.61. The minimum atomic E-state index is 0.716. The fourth-order valence-corrected chi connectivity index (χ4v) is 3.95. The summed E-state index contributed by atoms with van der Waals surface area (Å²) in [4.78, 5) is 0. The van der Waals surface area contributed by atoms with E-state index >= 15 is 0 Å². The Bertz CT molecular complexity index is 421. The van der Waals surface area contributed by atoms with Gasteiger partial charge in [0.25, 0.3) is 0 Å². The SMILES string of the molecule is CCC1CCC(/C=C/C2CCC(/C=C/C=C/C#N)CC2)CC1. The van der Waals surface area contributed by atoms with Crippen LogP contribution in [-0.4, -0.2) is 0 Å². The van der Waals surface area contributed by atoms with Crippen molar-refractivity contribution < 1.29 is 0 Å². The minimum Gasteiger partial charge on any atom is -0.193 e. The molecule has 0 unspecified atom stereocenters. The average molecular weight is 297 g/mol. The topological polar surface area (TPSA) is 23.8 Å². The molecule has 2 rings (SSSR count). The molecule has 0 aromatic rings. The first-order valence-corrected chi connectivity index (χ1v) is 9.23. The van der Waals surface area contributed by atoms with Gasteiger partial charge in [0, 0.05) is 6.08 Å². The third kappa shape index (κ3) is 5.84. The lowest BCUT2D eigenvalue weighted by molar-refractivity contribution is 0.301. The van der Waals surface area contributed by atoms with Crippen molar-refractivity contribution in [3.05, 3.63) is 36.5 Å². The fourth-order valence-electron chi connectivity index (χ4n) is 3.95. The molecule has 0 N–H and O–H groups in total. The molecular formula is C21H31N. The highest BCUT2D eigenvalue weighted by Gasteiger charge is 2.20. The van der Waals surface area contributed by atoms with Crippen LogP contribution in [-0.2, 0) is 0 Å². The Morgan fingerprint density at radius 3 is 1.77 bits per heavy atom.